The van der Waals surface area contributed by atoms with E-state index in [4.69, 9.17) is 10.7 Å². The smallest absolute Gasteiger partial charge is 0.134 e. The summed E-state index contributed by atoms with van der Waals surface area (Å²) in [6.07, 6.45) is 2.40. The molecule has 0 unspecified atom stereocenters. The number of nitrogens with two attached hydrogens (primary N) is 1. The average Bonchev–Trinajstić information content (AvgIpc) is 3.05. The van der Waals surface area contributed by atoms with Gasteiger partial charge in [0.15, 0.2) is 0 Å². The Balaban J connectivity index is 2.13. The number of anilines is 1. The van der Waals surface area contributed by atoms with Crippen LogP contribution in [0.5, 0.6) is 0 Å². The molecule has 0 aliphatic heterocycles. The highest BCUT2D eigenvalue weighted by Crippen LogP contribution is 2.40. The molecule has 1 aliphatic carbocycles. The predicted octanol–water partition coefficient (Wildman–Crippen LogP) is 3.28. The van der Waals surface area contributed by atoms with Crippen LogP contribution in [-0.2, 0) is 0 Å². The van der Waals surface area contributed by atoms with Gasteiger partial charge in [-0.05, 0) is 32.8 Å². The summed E-state index contributed by atoms with van der Waals surface area (Å²) in [6.45, 7) is 4.10. The minimum atomic E-state index is 0.538. The van der Waals surface area contributed by atoms with Crippen molar-refractivity contribution in [2.45, 2.75) is 32.6 Å². The van der Waals surface area contributed by atoms with Gasteiger partial charge in [0.1, 0.15) is 11.6 Å². The lowest BCUT2D eigenvalue weighted by Crippen LogP contribution is -2.03. The fourth-order valence-corrected chi connectivity index (χ4v) is 2.61. The van der Waals surface area contributed by atoms with E-state index in [-0.39, 0.29) is 0 Å². The van der Waals surface area contributed by atoms with E-state index in [2.05, 4.69) is 23.4 Å². The summed E-state index contributed by atoms with van der Waals surface area (Å²) in [4.78, 5) is 10.4. The van der Waals surface area contributed by atoms with Crippen LogP contribution in [0.1, 0.15) is 35.0 Å². The van der Waals surface area contributed by atoms with Gasteiger partial charge in [0.2, 0.25) is 0 Å². The van der Waals surface area contributed by atoms with Crippen molar-refractivity contribution >= 4 is 17.2 Å². The molecule has 1 fully saturated rings. The van der Waals surface area contributed by atoms with Crippen LogP contribution in [0.2, 0.25) is 0 Å². The fourth-order valence-electron chi connectivity index (χ4n) is 1.92. The second-order valence-corrected chi connectivity index (χ2v) is 5.78. The molecule has 4 heteroatoms. The molecular formula is C13H15N3S. The molecule has 0 saturated heterocycles. The lowest BCUT2D eigenvalue weighted by atomic mass is 10.1. The second kappa shape index (κ2) is 3.81. The van der Waals surface area contributed by atoms with Crippen molar-refractivity contribution in [3.05, 3.63) is 27.7 Å². The molecule has 2 aromatic rings. The molecule has 0 spiro atoms. The summed E-state index contributed by atoms with van der Waals surface area (Å²) in [7, 11) is 0. The number of aromatic nitrogens is 2. The van der Waals surface area contributed by atoms with E-state index in [0.717, 1.165) is 17.1 Å². The van der Waals surface area contributed by atoms with Gasteiger partial charge in [0.25, 0.3) is 0 Å². The fraction of sp³-hybridized carbons (Fsp3) is 0.385. The third-order valence-electron chi connectivity index (χ3n) is 3.15. The van der Waals surface area contributed by atoms with Crippen LogP contribution in [0.4, 0.5) is 5.82 Å². The quantitative estimate of drug-likeness (QED) is 0.883. The first-order valence-corrected chi connectivity index (χ1v) is 6.72. The zero-order valence-corrected chi connectivity index (χ0v) is 10.8. The van der Waals surface area contributed by atoms with Gasteiger partial charge in [-0.2, -0.15) is 0 Å². The Morgan fingerprint density at radius 1 is 1.29 bits per heavy atom. The highest BCUT2D eigenvalue weighted by Gasteiger charge is 2.28. The van der Waals surface area contributed by atoms with Crippen LogP contribution in [0.25, 0.3) is 11.3 Å². The molecule has 3 nitrogen and oxygen atoms in total. The van der Waals surface area contributed by atoms with Gasteiger partial charge in [-0.1, -0.05) is 0 Å². The molecule has 2 N–H and O–H groups in total. The van der Waals surface area contributed by atoms with Crippen molar-refractivity contribution in [1.29, 1.82) is 0 Å². The molecule has 2 heterocycles. The minimum Gasteiger partial charge on any atom is -0.383 e. The number of hydrogen-bond acceptors (Lipinski definition) is 4. The molecular weight excluding hydrogens is 230 g/mol. The Bertz CT molecular complexity index is 570. The Morgan fingerprint density at radius 3 is 2.65 bits per heavy atom. The van der Waals surface area contributed by atoms with E-state index in [9.17, 15) is 0 Å². The van der Waals surface area contributed by atoms with E-state index < -0.39 is 0 Å². The topological polar surface area (TPSA) is 51.8 Å². The first-order valence-electron chi connectivity index (χ1n) is 5.84. The van der Waals surface area contributed by atoms with Crippen molar-refractivity contribution in [1.82, 2.24) is 9.97 Å². The van der Waals surface area contributed by atoms with Crippen molar-refractivity contribution in [2.75, 3.05) is 5.73 Å². The maximum atomic E-state index is 5.98. The molecule has 88 valence electrons. The Hall–Kier alpha value is -1.42. The van der Waals surface area contributed by atoms with Gasteiger partial charge in [0, 0.05) is 27.3 Å². The number of nitrogen functional groups attached to an aromatic ring is 1. The SMILES string of the molecule is Cc1cc(-c2nc(C3CC3)nc(N)c2C)cs1. The Morgan fingerprint density at radius 2 is 2.06 bits per heavy atom. The molecule has 1 aliphatic rings. The largest absolute Gasteiger partial charge is 0.383 e. The van der Waals surface area contributed by atoms with E-state index >= 15 is 0 Å². The molecule has 0 aromatic carbocycles. The molecule has 0 radical (unpaired) electrons. The van der Waals surface area contributed by atoms with Gasteiger partial charge < -0.3 is 5.73 Å². The Labute approximate surface area is 105 Å². The summed E-state index contributed by atoms with van der Waals surface area (Å²) in [6, 6.07) is 2.16. The number of aryl methyl sites for hydroxylation is 1. The molecule has 0 atom stereocenters. The minimum absolute atomic E-state index is 0.538. The van der Waals surface area contributed by atoms with E-state index in [0.29, 0.717) is 11.7 Å². The van der Waals surface area contributed by atoms with Gasteiger partial charge in [-0.3, -0.25) is 0 Å². The zero-order valence-electron chi connectivity index (χ0n) is 10.0. The number of rotatable bonds is 2. The normalized spacial score (nSPS) is 15.2. The van der Waals surface area contributed by atoms with Crippen molar-refractivity contribution in [3.8, 4) is 11.3 Å². The maximum absolute atomic E-state index is 5.98. The van der Waals surface area contributed by atoms with Gasteiger partial charge in [-0.25, -0.2) is 9.97 Å². The average molecular weight is 245 g/mol. The molecule has 3 rings (SSSR count). The maximum Gasteiger partial charge on any atom is 0.134 e. The summed E-state index contributed by atoms with van der Waals surface area (Å²) in [5.41, 5.74) is 9.15. The molecule has 0 amide bonds. The third-order valence-corrected chi connectivity index (χ3v) is 4.01. The van der Waals surface area contributed by atoms with Crippen LogP contribution in [0.3, 0.4) is 0 Å². The molecule has 0 bridgehead atoms. The highest BCUT2D eigenvalue weighted by atomic mass is 32.1. The molecule has 17 heavy (non-hydrogen) atoms. The number of nitrogens with zero attached hydrogens (tertiary/aromatic N) is 2. The van der Waals surface area contributed by atoms with Gasteiger partial charge in [0.05, 0.1) is 5.69 Å². The monoisotopic (exact) mass is 245 g/mol. The van der Waals surface area contributed by atoms with Crippen molar-refractivity contribution in [3.63, 3.8) is 0 Å². The second-order valence-electron chi connectivity index (χ2n) is 4.66. The summed E-state index contributed by atoms with van der Waals surface area (Å²) in [5.74, 6) is 2.09. The zero-order chi connectivity index (χ0) is 12.0. The summed E-state index contributed by atoms with van der Waals surface area (Å²) in [5, 5.41) is 2.14. The molecule has 1 saturated carbocycles. The van der Waals surface area contributed by atoms with E-state index in [1.807, 2.05) is 6.92 Å². The summed E-state index contributed by atoms with van der Waals surface area (Å²) >= 11 is 1.74. The van der Waals surface area contributed by atoms with Gasteiger partial charge in [-0.15, -0.1) is 11.3 Å². The third kappa shape index (κ3) is 1.93. The summed E-state index contributed by atoms with van der Waals surface area (Å²) < 4.78 is 0. The first kappa shape index (κ1) is 10.7. The van der Waals surface area contributed by atoms with E-state index in [1.54, 1.807) is 11.3 Å². The number of thiophene rings is 1. The first-order chi connectivity index (χ1) is 8.15. The Kier molecular flexibility index (Phi) is 2.40. The van der Waals surface area contributed by atoms with Crippen LogP contribution in [0.15, 0.2) is 11.4 Å². The van der Waals surface area contributed by atoms with Crippen LogP contribution < -0.4 is 5.73 Å². The van der Waals surface area contributed by atoms with Crippen molar-refractivity contribution < 1.29 is 0 Å². The van der Waals surface area contributed by atoms with E-state index in [1.165, 1.54) is 23.3 Å². The highest BCUT2D eigenvalue weighted by molar-refractivity contribution is 7.10. The standard InChI is InChI=1S/C13H15N3S/c1-7-5-10(6-17-7)11-8(2)12(14)16-13(15-11)9-3-4-9/h5-6,9H,3-4H2,1-2H3,(H2,14,15,16). The predicted molar refractivity (Wildman–Crippen MR) is 71.2 cm³/mol. The lowest BCUT2D eigenvalue weighted by Gasteiger charge is -2.08. The lowest BCUT2D eigenvalue weighted by molar-refractivity contribution is 0.928. The van der Waals surface area contributed by atoms with Gasteiger partial charge >= 0.3 is 0 Å². The van der Waals surface area contributed by atoms with Crippen LogP contribution in [0, 0.1) is 13.8 Å². The molecule has 2 aromatic heterocycles. The van der Waals surface area contributed by atoms with Crippen LogP contribution >= 0.6 is 11.3 Å². The number of hydrogen-bond donors (Lipinski definition) is 1. The van der Waals surface area contributed by atoms with Crippen molar-refractivity contribution in [2.24, 2.45) is 0 Å². The van der Waals surface area contributed by atoms with Crippen LogP contribution in [-0.4, -0.2) is 9.97 Å².